The van der Waals surface area contributed by atoms with Gasteiger partial charge in [-0.2, -0.15) is 5.10 Å². The molecule has 2 aliphatic rings. The standard InChI is InChI=1S/C21H19BrFN3O6/c1-28-17-14(16(22)18(29-2)20-19(17)30-10-31-20)7-13-8-15(26-32-13)21(27)25-24-9-11-3-5-12(23)6-4-11/h3-6,9,13H,7-8,10H2,1-2H3,(H,25,27)/b24-9+/t13-/m1/s1. The van der Waals surface area contributed by atoms with Gasteiger partial charge in [0.2, 0.25) is 18.3 Å². The van der Waals surface area contributed by atoms with Gasteiger partial charge in [0, 0.05) is 18.4 Å². The smallest absolute Gasteiger partial charge is 0.289 e. The van der Waals surface area contributed by atoms with Crippen LogP contribution in [-0.4, -0.2) is 44.9 Å². The van der Waals surface area contributed by atoms with E-state index in [0.717, 1.165) is 5.56 Å². The third-order valence-corrected chi connectivity index (χ3v) is 5.69. The second kappa shape index (κ2) is 9.43. The lowest BCUT2D eigenvalue weighted by Crippen LogP contribution is -2.27. The van der Waals surface area contributed by atoms with Crippen LogP contribution in [0.2, 0.25) is 0 Å². The molecule has 0 saturated carbocycles. The Labute approximate surface area is 191 Å². The molecule has 0 bridgehead atoms. The molecule has 2 aromatic rings. The van der Waals surface area contributed by atoms with Gasteiger partial charge in [-0.05, 0) is 33.6 Å². The molecule has 0 saturated heterocycles. The van der Waals surface area contributed by atoms with Crippen molar-refractivity contribution >= 4 is 33.8 Å². The molecule has 9 nitrogen and oxygen atoms in total. The molecule has 0 aromatic heterocycles. The number of fused-ring (bicyclic) bond motifs is 1. The summed E-state index contributed by atoms with van der Waals surface area (Å²) in [6.07, 6.45) is 1.64. The van der Waals surface area contributed by atoms with Crippen LogP contribution in [0, 0.1) is 5.82 Å². The molecular weight excluding hydrogens is 489 g/mol. The fourth-order valence-corrected chi connectivity index (χ4v) is 4.03. The van der Waals surface area contributed by atoms with Gasteiger partial charge < -0.3 is 23.8 Å². The van der Waals surface area contributed by atoms with Crippen LogP contribution in [0.3, 0.4) is 0 Å². The number of halogens is 2. The van der Waals surface area contributed by atoms with Gasteiger partial charge in [0.15, 0.2) is 11.5 Å². The first-order chi connectivity index (χ1) is 15.5. The zero-order valence-electron chi connectivity index (χ0n) is 17.2. The van der Waals surface area contributed by atoms with Crippen LogP contribution in [0.5, 0.6) is 23.0 Å². The van der Waals surface area contributed by atoms with Crippen molar-refractivity contribution in [3.63, 3.8) is 0 Å². The Balaban J connectivity index is 1.42. The van der Waals surface area contributed by atoms with Gasteiger partial charge in [-0.25, -0.2) is 9.82 Å². The lowest BCUT2D eigenvalue weighted by atomic mass is 10.0. The molecule has 168 valence electrons. The molecule has 32 heavy (non-hydrogen) atoms. The molecule has 2 heterocycles. The van der Waals surface area contributed by atoms with Crippen LogP contribution in [0.4, 0.5) is 4.39 Å². The lowest BCUT2D eigenvalue weighted by molar-refractivity contribution is -0.114. The number of amides is 1. The fraction of sp³-hybridized carbons (Fsp3) is 0.286. The van der Waals surface area contributed by atoms with E-state index < -0.39 is 12.0 Å². The van der Waals surface area contributed by atoms with E-state index in [1.807, 2.05) is 0 Å². The number of nitrogens with one attached hydrogen (secondary N) is 1. The number of nitrogens with zero attached hydrogens (tertiary/aromatic N) is 2. The molecule has 0 spiro atoms. The van der Waals surface area contributed by atoms with Crippen molar-refractivity contribution in [2.75, 3.05) is 21.0 Å². The second-order valence-electron chi connectivity index (χ2n) is 6.85. The van der Waals surface area contributed by atoms with Crippen molar-refractivity contribution in [3.05, 3.63) is 45.7 Å². The van der Waals surface area contributed by atoms with Gasteiger partial charge in [-0.3, -0.25) is 4.79 Å². The quantitative estimate of drug-likeness (QED) is 0.456. The monoisotopic (exact) mass is 507 g/mol. The van der Waals surface area contributed by atoms with Gasteiger partial charge in [0.25, 0.3) is 5.91 Å². The summed E-state index contributed by atoms with van der Waals surface area (Å²) in [7, 11) is 3.06. The summed E-state index contributed by atoms with van der Waals surface area (Å²) in [4.78, 5) is 17.8. The molecule has 0 fully saturated rings. The Hall–Kier alpha value is -3.34. The first kappa shape index (κ1) is 21.9. The summed E-state index contributed by atoms with van der Waals surface area (Å²) in [6.45, 7) is 0.0593. The molecule has 0 unspecified atom stereocenters. The molecule has 0 aliphatic carbocycles. The summed E-state index contributed by atoms with van der Waals surface area (Å²) < 4.78 is 35.6. The van der Waals surface area contributed by atoms with E-state index in [9.17, 15) is 9.18 Å². The van der Waals surface area contributed by atoms with E-state index in [1.165, 1.54) is 32.6 Å². The van der Waals surface area contributed by atoms with Crippen molar-refractivity contribution in [2.45, 2.75) is 18.9 Å². The van der Waals surface area contributed by atoms with Crippen LogP contribution < -0.4 is 24.4 Å². The number of hydrazone groups is 1. The molecule has 2 aliphatic heterocycles. The van der Waals surface area contributed by atoms with Crippen LogP contribution in [-0.2, 0) is 16.1 Å². The zero-order chi connectivity index (χ0) is 22.7. The van der Waals surface area contributed by atoms with Crippen molar-refractivity contribution in [1.29, 1.82) is 0 Å². The minimum absolute atomic E-state index is 0.0593. The number of hydrogen-bond acceptors (Lipinski definition) is 8. The van der Waals surface area contributed by atoms with Crippen molar-refractivity contribution in [3.8, 4) is 23.0 Å². The Morgan fingerprint density at radius 1 is 1.25 bits per heavy atom. The van der Waals surface area contributed by atoms with Crippen LogP contribution in [0.25, 0.3) is 0 Å². The van der Waals surface area contributed by atoms with Gasteiger partial charge in [-0.15, -0.1) is 0 Å². The predicted molar refractivity (Wildman–Crippen MR) is 116 cm³/mol. The molecular formula is C21H19BrFN3O6. The number of carbonyl (C=O) groups is 1. The average Bonchev–Trinajstić information content (AvgIpc) is 3.46. The maximum Gasteiger partial charge on any atom is 0.289 e. The molecule has 2 aromatic carbocycles. The Morgan fingerprint density at radius 3 is 2.62 bits per heavy atom. The predicted octanol–water partition coefficient (Wildman–Crippen LogP) is 3.17. The Kier molecular flexibility index (Phi) is 6.45. The fourth-order valence-electron chi connectivity index (χ4n) is 3.35. The maximum absolute atomic E-state index is 12.9. The largest absolute Gasteiger partial charge is 0.492 e. The summed E-state index contributed by atoms with van der Waals surface area (Å²) in [5.74, 6) is 1.06. The molecule has 1 atom stereocenters. The van der Waals surface area contributed by atoms with E-state index in [2.05, 4.69) is 31.6 Å². The van der Waals surface area contributed by atoms with Gasteiger partial charge in [0.05, 0.1) is 24.9 Å². The molecule has 1 N–H and O–H groups in total. The highest BCUT2D eigenvalue weighted by molar-refractivity contribution is 9.10. The Morgan fingerprint density at radius 2 is 1.94 bits per heavy atom. The maximum atomic E-state index is 12.9. The SMILES string of the molecule is COc1c(Br)c(C[C@@H]2CC(C(=O)N/N=C/c3ccc(F)cc3)=NO2)c(OC)c2c1OCO2. The van der Waals surface area contributed by atoms with Crippen LogP contribution in [0.1, 0.15) is 17.5 Å². The third-order valence-electron chi connectivity index (χ3n) is 4.85. The molecule has 1 amide bonds. The highest BCUT2D eigenvalue weighted by atomic mass is 79.9. The number of oxime groups is 1. The minimum Gasteiger partial charge on any atom is -0.492 e. The van der Waals surface area contributed by atoms with E-state index in [1.54, 1.807) is 12.1 Å². The first-order valence-electron chi connectivity index (χ1n) is 9.55. The summed E-state index contributed by atoms with van der Waals surface area (Å²) in [6, 6.07) is 5.70. The van der Waals surface area contributed by atoms with E-state index in [4.69, 9.17) is 23.8 Å². The molecule has 11 heteroatoms. The summed E-state index contributed by atoms with van der Waals surface area (Å²) in [5, 5.41) is 7.76. The molecule has 0 radical (unpaired) electrons. The third kappa shape index (κ3) is 4.33. The van der Waals surface area contributed by atoms with E-state index in [0.29, 0.717) is 39.5 Å². The van der Waals surface area contributed by atoms with Crippen LogP contribution >= 0.6 is 15.9 Å². The number of methoxy groups -OCH3 is 2. The Bertz CT molecular complexity index is 1090. The number of carbonyl (C=O) groups excluding carboxylic acids is 1. The normalized spacial score (nSPS) is 16.6. The highest BCUT2D eigenvalue weighted by Gasteiger charge is 2.34. The van der Waals surface area contributed by atoms with Crippen molar-refractivity contribution in [1.82, 2.24) is 5.43 Å². The summed E-state index contributed by atoms with van der Waals surface area (Å²) >= 11 is 3.54. The van der Waals surface area contributed by atoms with E-state index >= 15 is 0 Å². The van der Waals surface area contributed by atoms with Crippen LogP contribution in [0.15, 0.2) is 39.0 Å². The van der Waals surface area contributed by atoms with Gasteiger partial charge >= 0.3 is 0 Å². The summed E-state index contributed by atoms with van der Waals surface area (Å²) in [5.41, 5.74) is 3.98. The average molecular weight is 508 g/mol. The topological polar surface area (TPSA) is 100.0 Å². The lowest BCUT2D eigenvalue weighted by Gasteiger charge is -2.18. The molecule has 4 rings (SSSR count). The zero-order valence-corrected chi connectivity index (χ0v) is 18.8. The van der Waals surface area contributed by atoms with Gasteiger partial charge in [-0.1, -0.05) is 17.3 Å². The first-order valence-corrected chi connectivity index (χ1v) is 10.3. The minimum atomic E-state index is -0.486. The van der Waals surface area contributed by atoms with E-state index in [-0.39, 0.29) is 24.7 Å². The van der Waals surface area contributed by atoms with Crippen molar-refractivity contribution < 1.29 is 33.0 Å². The number of ether oxygens (including phenoxy) is 4. The number of hydrogen-bond donors (Lipinski definition) is 1. The number of benzene rings is 2. The van der Waals surface area contributed by atoms with Gasteiger partial charge in [0.1, 0.15) is 17.6 Å². The number of rotatable bonds is 7. The highest BCUT2D eigenvalue weighted by Crippen LogP contribution is 2.54. The van der Waals surface area contributed by atoms with Crippen molar-refractivity contribution in [2.24, 2.45) is 10.3 Å². The second-order valence-corrected chi connectivity index (χ2v) is 7.64.